The number of aromatic nitrogens is 2. The Balaban J connectivity index is 1.41. The Morgan fingerprint density at radius 2 is 1.85 bits per heavy atom. The third-order valence-corrected chi connectivity index (χ3v) is 7.03. The van der Waals surface area contributed by atoms with Gasteiger partial charge in [-0.25, -0.2) is 9.13 Å². The summed E-state index contributed by atoms with van der Waals surface area (Å²) in [5.74, 6) is 3.85. The second-order valence-corrected chi connectivity index (χ2v) is 8.88. The van der Waals surface area contributed by atoms with Gasteiger partial charge in [0.1, 0.15) is 23.8 Å². The van der Waals surface area contributed by atoms with E-state index in [1.165, 1.54) is 16.7 Å². The average Bonchev–Trinajstić information content (AvgIpc) is 3.59. The molecule has 0 fully saturated rings. The molecule has 4 aromatic rings. The highest BCUT2D eigenvalue weighted by Crippen LogP contribution is 2.40. The van der Waals surface area contributed by atoms with Gasteiger partial charge in [0.15, 0.2) is 17.6 Å². The molecule has 2 aliphatic rings. The molecule has 0 saturated heterocycles. The maximum atomic E-state index is 13.2. The number of Topliss-reactive ketones (excluding diaryl/α,β-unsaturated/α-hetero) is 1. The van der Waals surface area contributed by atoms with E-state index in [0.717, 1.165) is 46.9 Å². The smallest absolute Gasteiger partial charge is 0.254 e. The van der Waals surface area contributed by atoms with E-state index in [2.05, 4.69) is 34.3 Å². The van der Waals surface area contributed by atoms with Gasteiger partial charge in [0.2, 0.25) is 5.78 Å². The molecule has 6 heteroatoms. The van der Waals surface area contributed by atoms with Crippen LogP contribution in [-0.4, -0.2) is 30.7 Å². The first-order chi connectivity index (χ1) is 16.6. The molecule has 0 N–H and O–H groups in total. The lowest BCUT2D eigenvalue weighted by Gasteiger charge is -2.12. The lowest BCUT2D eigenvalue weighted by Crippen LogP contribution is -2.38. The number of ketones is 1. The summed E-state index contributed by atoms with van der Waals surface area (Å²) in [6, 6.07) is 17.7. The number of methoxy groups -OCH3 is 1. The molecule has 6 nitrogen and oxygen atoms in total. The summed E-state index contributed by atoms with van der Waals surface area (Å²) in [5.41, 5.74) is 6.51. The van der Waals surface area contributed by atoms with Gasteiger partial charge < -0.3 is 14.2 Å². The number of benzene rings is 3. The van der Waals surface area contributed by atoms with Crippen LogP contribution in [0.3, 0.4) is 0 Å². The van der Waals surface area contributed by atoms with Crippen LogP contribution in [0.1, 0.15) is 32.9 Å². The molecule has 3 aromatic carbocycles. The predicted molar refractivity (Wildman–Crippen MR) is 128 cm³/mol. The molecule has 6 rings (SSSR count). The quantitative estimate of drug-likeness (QED) is 0.325. The van der Waals surface area contributed by atoms with Crippen LogP contribution in [0.2, 0.25) is 0 Å². The SMILES string of the molecule is COc1ccc(C(=O)Cn2c(C)[n+](Cc3c4c(cc5c3OCC5)OCC4)c3ccccc32)cc1. The Labute approximate surface area is 198 Å². The largest absolute Gasteiger partial charge is 0.497 e. The summed E-state index contributed by atoms with van der Waals surface area (Å²) < 4.78 is 21.6. The molecule has 172 valence electrons. The third-order valence-electron chi connectivity index (χ3n) is 7.03. The van der Waals surface area contributed by atoms with Gasteiger partial charge in [-0.3, -0.25) is 4.79 Å². The number of para-hydroxylation sites is 2. The van der Waals surface area contributed by atoms with Crippen LogP contribution in [-0.2, 0) is 25.9 Å². The van der Waals surface area contributed by atoms with Crippen LogP contribution < -0.4 is 18.8 Å². The minimum atomic E-state index is 0.0666. The minimum absolute atomic E-state index is 0.0666. The average molecular weight is 456 g/mol. The second kappa shape index (κ2) is 8.20. The molecular formula is C28H27N2O4+. The molecule has 0 saturated carbocycles. The fourth-order valence-electron chi connectivity index (χ4n) is 5.24. The van der Waals surface area contributed by atoms with Crippen molar-refractivity contribution in [3.63, 3.8) is 0 Å². The first kappa shape index (κ1) is 20.8. The van der Waals surface area contributed by atoms with Crippen molar-refractivity contribution in [1.82, 2.24) is 4.57 Å². The molecule has 0 spiro atoms. The maximum Gasteiger partial charge on any atom is 0.254 e. The van der Waals surface area contributed by atoms with E-state index in [1.54, 1.807) is 7.11 Å². The Morgan fingerprint density at radius 1 is 1.06 bits per heavy atom. The van der Waals surface area contributed by atoms with Crippen LogP contribution in [0.5, 0.6) is 17.2 Å². The molecule has 1 aromatic heterocycles. The molecule has 0 aliphatic carbocycles. The summed E-state index contributed by atoms with van der Waals surface area (Å²) in [6.45, 7) is 4.48. The van der Waals surface area contributed by atoms with Gasteiger partial charge in [0, 0.05) is 42.0 Å². The van der Waals surface area contributed by atoms with Crippen molar-refractivity contribution in [3.8, 4) is 17.2 Å². The molecule has 34 heavy (non-hydrogen) atoms. The van der Waals surface area contributed by atoms with Gasteiger partial charge in [-0.15, -0.1) is 0 Å². The number of imidazole rings is 1. The predicted octanol–water partition coefficient (Wildman–Crippen LogP) is 4.05. The van der Waals surface area contributed by atoms with Crippen molar-refractivity contribution in [2.24, 2.45) is 0 Å². The number of carbonyl (C=O) groups excluding carboxylic acids is 1. The normalized spacial score (nSPS) is 13.9. The van der Waals surface area contributed by atoms with E-state index in [4.69, 9.17) is 14.2 Å². The number of fused-ring (bicyclic) bond motifs is 3. The topological polar surface area (TPSA) is 53.6 Å². The summed E-state index contributed by atoms with van der Waals surface area (Å²) >= 11 is 0. The summed E-state index contributed by atoms with van der Waals surface area (Å²) in [7, 11) is 1.62. The Kier molecular flexibility index (Phi) is 5.01. The van der Waals surface area contributed by atoms with E-state index < -0.39 is 0 Å². The van der Waals surface area contributed by atoms with Crippen molar-refractivity contribution >= 4 is 16.8 Å². The van der Waals surface area contributed by atoms with Crippen LogP contribution in [0.15, 0.2) is 54.6 Å². The molecule has 0 amide bonds. The molecular weight excluding hydrogens is 428 g/mol. The summed E-state index contributed by atoms with van der Waals surface area (Å²) in [4.78, 5) is 13.2. The molecule has 2 aliphatic heterocycles. The van der Waals surface area contributed by atoms with E-state index in [1.807, 2.05) is 36.4 Å². The van der Waals surface area contributed by atoms with Crippen LogP contribution in [0.4, 0.5) is 0 Å². The Hall–Kier alpha value is -3.80. The van der Waals surface area contributed by atoms with E-state index in [0.29, 0.717) is 25.3 Å². The zero-order valence-electron chi connectivity index (χ0n) is 19.5. The minimum Gasteiger partial charge on any atom is -0.497 e. The third kappa shape index (κ3) is 3.33. The number of nitrogens with zero attached hydrogens (tertiary/aromatic N) is 2. The van der Waals surface area contributed by atoms with Crippen LogP contribution in [0.25, 0.3) is 11.0 Å². The van der Waals surface area contributed by atoms with Gasteiger partial charge in [0.25, 0.3) is 5.82 Å². The van der Waals surface area contributed by atoms with Gasteiger partial charge in [-0.05, 0) is 42.5 Å². The zero-order chi connectivity index (χ0) is 23.2. The number of hydrogen-bond donors (Lipinski definition) is 0. The standard InChI is InChI=1S/C28H27N2O4/c1-18-29(16-23-22-12-14-33-27(22)15-20-11-13-34-28(20)23)24-5-3-4-6-25(24)30(18)17-26(31)19-7-9-21(32-2)10-8-19/h3-10,15H,11-14,16-17H2,1-2H3/q+1. The van der Waals surface area contributed by atoms with Gasteiger partial charge in [-0.2, -0.15) is 0 Å². The molecule has 0 radical (unpaired) electrons. The monoisotopic (exact) mass is 455 g/mol. The highest BCUT2D eigenvalue weighted by Gasteiger charge is 2.30. The summed E-state index contributed by atoms with van der Waals surface area (Å²) in [5, 5.41) is 0. The highest BCUT2D eigenvalue weighted by atomic mass is 16.5. The lowest BCUT2D eigenvalue weighted by atomic mass is 9.99. The van der Waals surface area contributed by atoms with Crippen LogP contribution in [0, 0.1) is 6.92 Å². The molecule has 0 atom stereocenters. The zero-order valence-corrected chi connectivity index (χ0v) is 19.5. The summed E-state index contributed by atoms with van der Waals surface area (Å²) in [6.07, 6.45) is 1.82. The van der Waals surface area contributed by atoms with Crippen molar-refractivity contribution in [2.45, 2.75) is 32.9 Å². The lowest BCUT2D eigenvalue weighted by molar-refractivity contribution is -0.669. The van der Waals surface area contributed by atoms with E-state index in [9.17, 15) is 4.79 Å². The number of hydrogen-bond acceptors (Lipinski definition) is 4. The van der Waals surface area contributed by atoms with Crippen molar-refractivity contribution < 1.29 is 23.6 Å². The van der Waals surface area contributed by atoms with E-state index >= 15 is 0 Å². The highest BCUT2D eigenvalue weighted by molar-refractivity contribution is 5.96. The van der Waals surface area contributed by atoms with Gasteiger partial charge in [0.05, 0.1) is 20.3 Å². The maximum absolute atomic E-state index is 13.2. The first-order valence-electron chi connectivity index (χ1n) is 11.7. The van der Waals surface area contributed by atoms with Gasteiger partial charge in [-0.1, -0.05) is 12.1 Å². The molecule has 3 heterocycles. The number of rotatable bonds is 6. The number of ether oxygens (including phenoxy) is 3. The van der Waals surface area contributed by atoms with Crippen molar-refractivity contribution in [1.29, 1.82) is 0 Å². The Bertz CT molecular complexity index is 1390. The van der Waals surface area contributed by atoms with Crippen molar-refractivity contribution in [3.05, 3.63) is 82.7 Å². The number of carbonyl (C=O) groups is 1. The fraction of sp³-hybridized carbons (Fsp3) is 0.286. The molecule has 0 bridgehead atoms. The van der Waals surface area contributed by atoms with Gasteiger partial charge >= 0.3 is 0 Å². The van der Waals surface area contributed by atoms with Crippen molar-refractivity contribution in [2.75, 3.05) is 20.3 Å². The second-order valence-electron chi connectivity index (χ2n) is 8.88. The van der Waals surface area contributed by atoms with Crippen LogP contribution >= 0.6 is 0 Å². The van der Waals surface area contributed by atoms with E-state index in [-0.39, 0.29) is 12.3 Å². The fourth-order valence-corrected chi connectivity index (χ4v) is 5.24. The first-order valence-corrected chi connectivity index (χ1v) is 11.7. The Morgan fingerprint density at radius 3 is 2.68 bits per heavy atom. The molecule has 0 unspecified atom stereocenters.